The largest absolute Gasteiger partial charge is 0.490 e. The summed E-state index contributed by atoms with van der Waals surface area (Å²) in [4.78, 5) is 16.1. The fourth-order valence-corrected chi connectivity index (χ4v) is 2.28. The number of nitrogens with one attached hydrogen (secondary N) is 1. The Kier molecular flexibility index (Phi) is 7.50. The number of ether oxygens (including phenoxy) is 1. The summed E-state index contributed by atoms with van der Waals surface area (Å²) in [6.07, 6.45) is 9.23. The third kappa shape index (κ3) is 6.30. The molecule has 0 aliphatic rings. The van der Waals surface area contributed by atoms with Crippen LogP contribution in [0.2, 0.25) is 0 Å². The summed E-state index contributed by atoms with van der Waals surface area (Å²) < 4.78 is 5.71. The van der Waals surface area contributed by atoms with Gasteiger partial charge in [0.15, 0.2) is 0 Å². The summed E-state index contributed by atoms with van der Waals surface area (Å²) in [5.74, 6) is 0.774. The molecule has 0 unspecified atom stereocenters. The van der Waals surface area contributed by atoms with Gasteiger partial charge in [0, 0.05) is 12.7 Å². The SMILES string of the molecule is CCCC/C=C/COc1cccc(CNC(=O)c2cccnc2N)c1. The molecule has 0 fully saturated rings. The molecule has 1 aromatic heterocycles. The molecule has 0 spiro atoms. The number of allylic oxidation sites excluding steroid dienone is 1. The molecule has 2 rings (SSSR count). The quantitative estimate of drug-likeness (QED) is 0.539. The van der Waals surface area contributed by atoms with Crippen LogP contribution in [-0.2, 0) is 6.54 Å². The second-order valence-electron chi connectivity index (χ2n) is 5.69. The Labute approximate surface area is 148 Å². The Morgan fingerprint density at radius 1 is 1.28 bits per heavy atom. The van der Waals surface area contributed by atoms with Crippen LogP contribution in [-0.4, -0.2) is 17.5 Å². The Balaban J connectivity index is 1.84. The highest BCUT2D eigenvalue weighted by Gasteiger charge is 2.09. The lowest BCUT2D eigenvalue weighted by atomic mass is 10.2. The van der Waals surface area contributed by atoms with Crippen LogP contribution in [0.4, 0.5) is 5.82 Å². The standard InChI is InChI=1S/C20H25N3O2/c1-2-3-4-5-6-13-25-17-10-7-9-16(14-17)15-23-20(24)18-11-8-12-22-19(18)21/h5-12,14H,2-4,13,15H2,1H3,(H2,21,22)(H,23,24)/b6-5+. The average Bonchev–Trinajstić information content (AvgIpc) is 2.63. The van der Waals surface area contributed by atoms with E-state index in [0.717, 1.165) is 17.7 Å². The summed E-state index contributed by atoms with van der Waals surface area (Å²) in [6, 6.07) is 11.0. The van der Waals surface area contributed by atoms with E-state index in [-0.39, 0.29) is 11.7 Å². The number of nitrogens with zero attached hydrogens (tertiary/aromatic N) is 1. The summed E-state index contributed by atoms with van der Waals surface area (Å²) >= 11 is 0. The van der Waals surface area contributed by atoms with E-state index >= 15 is 0 Å². The van der Waals surface area contributed by atoms with Gasteiger partial charge < -0.3 is 15.8 Å². The van der Waals surface area contributed by atoms with Crippen molar-refractivity contribution in [3.63, 3.8) is 0 Å². The molecule has 132 valence electrons. The van der Waals surface area contributed by atoms with Gasteiger partial charge in [-0.05, 0) is 36.2 Å². The lowest BCUT2D eigenvalue weighted by molar-refractivity contribution is 0.0951. The summed E-state index contributed by atoms with van der Waals surface area (Å²) in [5, 5.41) is 2.85. The molecule has 0 bridgehead atoms. The molecule has 2 aromatic rings. The predicted molar refractivity (Wildman–Crippen MR) is 100 cm³/mol. The van der Waals surface area contributed by atoms with E-state index < -0.39 is 0 Å². The minimum absolute atomic E-state index is 0.229. The third-order valence-corrected chi connectivity index (χ3v) is 3.67. The minimum atomic E-state index is -0.240. The number of hydrogen-bond donors (Lipinski definition) is 2. The first kappa shape index (κ1) is 18.5. The second kappa shape index (κ2) is 10.1. The highest BCUT2D eigenvalue weighted by atomic mass is 16.5. The van der Waals surface area contributed by atoms with E-state index in [9.17, 15) is 4.79 Å². The van der Waals surface area contributed by atoms with Crippen LogP contribution < -0.4 is 15.8 Å². The monoisotopic (exact) mass is 339 g/mol. The van der Waals surface area contributed by atoms with E-state index in [1.807, 2.05) is 30.3 Å². The number of benzene rings is 1. The fourth-order valence-electron chi connectivity index (χ4n) is 2.28. The van der Waals surface area contributed by atoms with Crippen molar-refractivity contribution in [3.8, 4) is 5.75 Å². The van der Waals surface area contributed by atoms with Crippen LogP contribution in [0.3, 0.4) is 0 Å². The maximum atomic E-state index is 12.1. The van der Waals surface area contributed by atoms with Gasteiger partial charge >= 0.3 is 0 Å². The van der Waals surface area contributed by atoms with Gasteiger partial charge in [0.2, 0.25) is 0 Å². The van der Waals surface area contributed by atoms with E-state index in [1.54, 1.807) is 18.3 Å². The molecule has 1 aromatic carbocycles. The van der Waals surface area contributed by atoms with E-state index in [4.69, 9.17) is 10.5 Å². The van der Waals surface area contributed by atoms with Crippen molar-refractivity contribution >= 4 is 11.7 Å². The summed E-state index contributed by atoms with van der Waals surface area (Å²) in [5.41, 5.74) is 7.06. The van der Waals surface area contributed by atoms with Gasteiger partial charge in [0.25, 0.3) is 5.91 Å². The molecule has 0 saturated carbocycles. The lowest BCUT2D eigenvalue weighted by Crippen LogP contribution is -2.24. The number of aromatic nitrogens is 1. The normalized spacial score (nSPS) is 10.8. The smallest absolute Gasteiger partial charge is 0.255 e. The van der Waals surface area contributed by atoms with Gasteiger partial charge in [0.05, 0.1) is 5.56 Å². The van der Waals surface area contributed by atoms with Crippen LogP contribution >= 0.6 is 0 Å². The Hall–Kier alpha value is -2.82. The third-order valence-electron chi connectivity index (χ3n) is 3.67. The molecular weight excluding hydrogens is 314 g/mol. The summed E-state index contributed by atoms with van der Waals surface area (Å²) in [7, 11) is 0. The molecule has 3 N–H and O–H groups in total. The molecular formula is C20H25N3O2. The molecule has 1 amide bonds. The van der Waals surface area contributed by atoms with Crippen molar-refractivity contribution in [2.75, 3.05) is 12.3 Å². The Morgan fingerprint density at radius 3 is 2.96 bits per heavy atom. The number of rotatable bonds is 9. The number of pyridine rings is 1. The number of carbonyl (C=O) groups excluding carboxylic acids is 1. The minimum Gasteiger partial charge on any atom is -0.490 e. The van der Waals surface area contributed by atoms with Crippen molar-refractivity contribution in [3.05, 3.63) is 65.9 Å². The van der Waals surface area contributed by atoms with Gasteiger partial charge in [-0.15, -0.1) is 0 Å². The van der Waals surface area contributed by atoms with Crippen molar-refractivity contribution in [2.45, 2.75) is 32.7 Å². The highest BCUT2D eigenvalue weighted by molar-refractivity contribution is 5.98. The highest BCUT2D eigenvalue weighted by Crippen LogP contribution is 2.14. The predicted octanol–water partition coefficient (Wildman–Crippen LogP) is 3.72. The number of carbonyl (C=O) groups is 1. The van der Waals surface area contributed by atoms with Gasteiger partial charge in [0.1, 0.15) is 18.2 Å². The Bertz CT molecular complexity index is 714. The van der Waals surface area contributed by atoms with Gasteiger partial charge in [-0.25, -0.2) is 4.98 Å². The van der Waals surface area contributed by atoms with Gasteiger partial charge in [-0.2, -0.15) is 0 Å². The number of nitrogens with two attached hydrogens (primary N) is 1. The van der Waals surface area contributed by atoms with E-state index in [1.165, 1.54) is 12.8 Å². The number of nitrogen functional groups attached to an aromatic ring is 1. The van der Waals surface area contributed by atoms with E-state index in [0.29, 0.717) is 18.7 Å². The molecule has 1 heterocycles. The topological polar surface area (TPSA) is 77.2 Å². The molecule has 5 nitrogen and oxygen atoms in total. The molecule has 25 heavy (non-hydrogen) atoms. The molecule has 0 saturated heterocycles. The number of hydrogen-bond acceptors (Lipinski definition) is 4. The molecule has 0 atom stereocenters. The maximum absolute atomic E-state index is 12.1. The van der Waals surface area contributed by atoms with E-state index in [2.05, 4.69) is 23.3 Å². The van der Waals surface area contributed by atoms with Crippen molar-refractivity contribution in [1.82, 2.24) is 10.3 Å². The Morgan fingerprint density at radius 2 is 2.16 bits per heavy atom. The molecule has 5 heteroatoms. The average molecular weight is 339 g/mol. The number of anilines is 1. The van der Waals surface area contributed by atoms with Crippen LogP contribution in [0.1, 0.15) is 42.1 Å². The first-order valence-electron chi connectivity index (χ1n) is 8.56. The second-order valence-corrected chi connectivity index (χ2v) is 5.69. The summed E-state index contributed by atoms with van der Waals surface area (Å²) in [6.45, 7) is 3.12. The van der Waals surface area contributed by atoms with Crippen LogP contribution in [0.5, 0.6) is 5.75 Å². The van der Waals surface area contributed by atoms with Gasteiger partial charge in [-0.1, -0.05) is 44.1 Å². The zero-order valence-corrected chi connectivity index (χ0v) is 14.6. The maximum Gasteiger partial charge on any atom is 0.255 e. The number of unbranched alkanes of at least 4 members (excludes halogenated alkanes) is 2. The molecule has 0 aliphatic heterocycles. The fraction of sp³-hybridized carbons (Fsp3) is 0.300. The zero-order chi connectivity index (χ0) is 17.9. The first-order valence-corrected chi connectivity index (χ1v) is 8.56. The molecule has 0 aliphatic carbocycles. The number of amides is 1. The zero-order valence-electron chi connectivity index (χ0n) is 14.6. The first-order chi connectivity index (χ1) is 12.2. The van der Waals surface area contributed by atoms with Crippen molar-refractivity contribution in [2.24, 2.45) is 0 Å². The van der Waals surface area contributed by atoms with Crippen LogP contribution in [0.15, 0.2) is 54.7 Å². The van der Waals surface area contributed by atoms with Crippen LogP contribution in [0.25, 0.3) is 0 Å². The van der Waals surface area contributed by atoms with Crippen LogP contribution in [0, 0.1) is 0 Å². The van der Waals surface area contributed by atoms with Crippen molar-refractivity contribution < 1.29 is 9.53 Å². The van der Waals surface area contributed by atoms with Crippen molar-refractivity contribution in [1.29, 1.82) is 0 Å². The lowest BCUT2D eigenvalue weighted by Gasteiger charge is -2.09. The molecule has 0 radical (unpaired) electrons. The van der Waals surface area contributed by atoms with Gasteiger partial charge in [-0.3, -0.25) is 4.79 Å².